The second-order valence-electron chi connectivity index (χ2n) is 5.42. The first-order valence-corrected chi connectivity index (χ1v) is 7.53. The summed E-state index contributed by atoms with van der Waals surface area (Å²) in [5.74, 6) is -0.914. The van der Waals surface area contributed by atoms with E-state index in [2.05, 4.69) is 20.3 Å². The monoisotopic (exact) mass is 337 g/mol. The van der Waals surface area contributed by atoms with Gasteiger partial charge in [0.1, 0.15) is 5.92 Å². The van der Waals surface area contributed by atoms with Crippen molar-refractivity contribution in [1.82, 2.24) is 15.2 Å². The van der Waals surface area contributed by atoms with Gasteiger partial charge in [0.25, 0.3) is 0 Å². The number of aliphatic imine (C=N–C) groups is 2. The number of carbonyl (C=O) groups excluding carboxylic acids is 1. The second-order valence-corrected chi connectivity index (χ2v) is 5.80. The van der Waals surface area contributed by atoms with Gasteiger partial charge in [-0.2, -0.15) is 10.3 Å². The summed E-state index contributed by atoms with van der Waals surface area (Å²) in [5.41, 5.74) is 7.58. The van der Waals surface area contributed by atoms with Gasteiger partial charge in [-0.1, -0.05) is 18.2 Å². The number of amides is 1. The average molecular weight is 337 g/mol. The highest BCUT2D eigenvalue weighted by Crippen LogP contribution is 2.37. The predicted octanol–water partition coefficient (Wildman–Crippen LogP) is 0.750. The Hall–Kier alpha value is -3.25. The molecule has 0 saturated heterocycles. The van der Waals surface area contributed by atoms with Crippen LogP contribution in [-0.4, -0.2) is 32.7 Å². The Morgan fingerprint density at radius 3 is 2.92 bits per heavy atom. The first-order valence-electron chi connectivity index (χ1n) is 7.12. The van der Waals surface area contributed by atoms with Gasteiger partial charge >= 0.3 is 0 Å². The van der Waals surface area contributed by atoms with Gasteiger partial charge in [-0.3, -0.25) is 4.79 Å². The van der Waals surface area contributed by atoms with Gasteiger partial charge in [-0.05, 0) is 18.3 Å². The van der Waals surface area contributed by atoms with Crippen molar-refractivity contribution in [2.24, 2.45) is 21.6 Å². The highest BCUT2D eigenvalue weighted by atomic mass is 32.1. The Morgan fingerprint density at radius 1 is 1.33 bits per heavy atom. The number of aromatic nitrogens is 1. The summed E-state index contributed by atoms with van der Waals surface area (Å²) in [4.78, 5) is 25.1. The zero-order valence-electron chi connectivity index (χ0n) is 12.2. The lowest BCUT2D eigenvalue weighted by Crippen LogP contribution is -2.54. The fourth-order valence-corrected chi connectivity index (χ4v) is 3.31. The molecule has 2 aliphatic rings. The zero-order valence-corrected chi connectivity index (χ0v) is 13.0. The maximum atomic E-state index is 12.5. The molecule has 0 bridgehead atoms. The van der Waals surface area contributed by atoms with Crippen LogP contribution >= 0.6 is 12.2 Å². The molecule has 0 spiro atoms. The molecular weight excluding hydrogens is 326 g/mol. The first kappa shape index (κ1) is 14.3. The number of nitrogens with zero attached hydrogens (tertiary/aromatic N) is 4. The van der Waals surface area contributed by atoms with Crippen LogP contribution in [0, 0.1) is 17.4 Å². The average Bonchev–Trinajstić information content (AvgIpc) is 2.97. The summed E-state index contributed by atoms with van der Waals surface area (Å²) < 4.78 is 0. The molecule has 1 aromatic carbocycles. The number of benzene rings is 1. The Morgan fingerprint density at radius 2 is 2.12 bits per heavy atom. The SMILES string of the molecule is N#CN1C(N)=NC2=NC(=S)NC(=O)C2C1c1c[nH]c2ccccc12. The molecule has 0 radical (unpaired) electrons. The molecule has 4 N–H and O–H groups in total. The van der Waals surface area contributed by atoms with Crippen molar-refractivity contribution in [2.75, 3.05) is 0 Å². The van der Waals surface area contributed by atoms with Gasteiger partial charge in [0.05, 0.1) is 6.04 Å². The Labute approximate surface area is 141 Å². The zero-order chi connectivity index (χ0) is 16.8. The van der Waals surface area contributed by atoms with Crippen molar-refractivity contribution in [1.29, 1.82) is 5.26 Å². The van der Waals surface area contributed by atoms with E-state index in [0.29, 0.717) is 0 Å². The van der Waals surface area contributed by atoms with Crippen LogP contribution in [0.25, 0.3) is 10.9 Å². The molecule has 2 unspecified atom stereocenters. The van der Waals surface area contributed by atoms with E-state index >= 15 is 0 Å². The second kappa shape index (κ2) is 5.14. The minimum absolute atomic E-state index is 0.0136. The molecule has 8 nitrogen and oxygen atoms in total. The van der Waals surface area contributed by atoms with E-state index in [1.807, 2.05) is 30.5 Å². The summed E-state index contributed by atoms with van der Waals surface area (Å²) in [5, 5.41) is 13.0. The molecule has 2 aliphatic heterocycles. The van der Waals surface area contributed by atoms with E-state index in [9.17, 15) is 10.1 Å². The smallest absolute Gasteiger partial charge is 0.239 e. The normalized spacial score (nSPS) is 23.2. The van der Waals surface area contributed by atoms with Crippen LogP contribution in [0.1, 0.15) is 11.6 Å². The lowest BCUT2D eigenvalue weighted by Gasteiger charge is -2.36. The molecule has 0 aliphatic carbocycles. The number of nitrogens with two attached hydrogens (primary N) is 1. The van der Waals surface area contributed by atoms with Gasteiger partial charge in [0.15, 0.2) is 12.0 Å². The molecule has 4 rings (SSSR count). The van der Waals surface area contributed by atoms with E-state index in [-0.39, 0.29) is 22.8 Å². The number of H-pyrrole nitrogens is 1. The molecule has 1 amide bonds. The van der Waals surface area contributed by atoms with Crippen LogP contribution in [0.2, 0.25) is 0 Å². The van der Waals surface area contributed by atoms with Gasteiger partial charge in [-0.15, -0.1) is 0 Å². The number of fused-ring (bicyclic) bond motifs is 2. The molecule has 2 atom stereocenters. The van der Waals surface area contributed by atoms with E-state index in [0.717, 1.165) is 16.5 Å². The van der Waals surface area contributed by atoms with Gasteiger partial charge in [0, 0.05) is 22.7 Å². The topological polar surface area (TPSA) is 123 Å². The van der Waals surface area contributed by atoms with Crippen LogP contribution in [0.3, 0.4) is 0 Å². The largest absolute Gasteiger partial charge is 0.369 e. The molecule has 9 heteroatoms. The van der Waals surface area contributed by atoms with Gasteiger partial charge in [0.2, 0.25) is 17.0 Å². The van der Waals surface area contributed by atoms with Crippen LogP contribution in [0.5, 0.6) is 0 Å². The third-order valence-electron chi connectivity index (χ3n) is 4.12. The van der Waals surface area contributed by atoms with E-state index in [1.165, 1.54) is 4.90 Å². The lowest BCUT2D eigenvalue weighted by molar-refractivity contribution is -0.123. The third kappa shape index (κ3) is 1.97. The molecular formula is C15H11N7OS. The minimum atomic E-state index is -0.775. The van der Waals surface area contributed by atoms with Crippen LogP contribution in [0.4, 0.5) is 0 Å². The quantitative estimate of drug-likeness (QED) is 0.523. The van der Waals surface area contributed by atoms with Gasteiger partial charge in [-0.25, -0.2) is 9.89 Å². The number of nitriles is 1. The maximum absolute atomic E-state index is 12.5. The molecule has 24 heavy (non-hydrogen) atoms. The Balaban J connectivity index is 1.96. The summed E-state index contributed by atoms with van der Waals surface area (Å²) in [7, 11) is 0. The van der Waals surface area contributed by atoms with E-state index < -0.39 is 12.0 Å². The molecule has 3 heterocycles. The summed E-state index contributed by atoms with van der Waals surface area (Å²) in [6.07, 6.45) is 3.79. The standard InChI is InChI=1S/C15H11N7OS/c16-6-22-11(8-5-18-9-4-2-1-3-7(8)9)10-12(19-14(22)17)20-15(24)21-13(10)23/h1-5,10-11,18H,(H3,17,19,20,21,23,24). The Kier molecular flexibility index (Phi) is 3.07. The molecule has 1 aromatic heterocycles. The number of nitrogens with one attached hydrogen (secondary N) is 2. The molecule has 0 fully saturated rings. The van der Waals surface area contributed by atoms with Crippen molar-refractivity contribution < 1.29 is 4.79 Å². The number of hydrogen-bond donors (Lipinski definition) is 3. The lowest BCUT2D eigenvalue weighted by atomic mass is 9.88. The number of thiocarbonyl (C=S) groups is 1. The number of amidine groups is 1. The molecule has 118 valence electrons. The molecule has 2 aromatic rings. The van der Waals surface area contributed by atoms with Crippen molar-refractivity contribution in [3.05, 3.63) is 36.0 Å². The summed E-state index contributed by atoms with van der Waals surface area (Å²) >= 11 is 4.95. The summed E-state index contributed by atoms with van der Waals surface area (Å²) in [6, 6.07) is 6.98. The summed E-state index contributed by atoms with van der Waals surface area (Å²) in [6.45, 7) is 0. The highest BCUT2D eigenvalue weighted by molar-refractivity contribution is 7.80. The van der Waals surface area contributed by atoms with Crippen LogP contribution in [-0.2, 0) is 4.79 Å². The van der Waals surface area contributed by atoms with Crippen molar-refractivity contribution in [3.63, 3.8) is 0 Å². The molecule has 0 saturated carbocycles. The fourth-order valence-electron chi connectivity index (χ4n) is 3.11. The Bertz CT molecular complexity index is 983. The van der Waals surface area contributed by atoms with Crippen LogP contribution in [0.15, 0.2) is 40.4 Å². The van der Waals surface area contributed by atoms with Gasteiger partial charge < -0.3 is 16.0 Å². The number of guanidine groups is 1. The predicted molar refractivity (Wildman–Crippen MR) is 91.8 cm³/mol. The van der Waals surface area contributed by atoms with E-state index in [1.54, 1.807) is 6.20 Å². The number of carbonyl (C=O) groups is 1. The van der Waals surface area contributed by atoms with Crippen molar-refractivity contribution in [3.8, 4) is 6.19 Å². The van der Waals surface area contributed by atoms with Crippen molar-refractivity contribution in [2.45, 2.75) is 6.04 Å². The fraction of sp³-hybridized carbons (Fsp3) is 0.133. The highest BCUT2D eigenvalue weighted by Gasteiger charge is 2.45. The number of rotatable bonds is 1. The number of aromatic amines is 1. The minimum Gasteiger partial charge on any atom is -0.369 e. The number of hydrogen-bond acceptors (Lipinski definition) is 6. The third-order valence-corrected chi connectivity index (χ3v) is 4.32. The van der Waals surface area contributed by atoms with Crippen molar-refractivity contribution >= 4 is 45.9 Å². The van der Waals surface area contributed by atoms with E-state index in [4.69, 9.17) is 18.0 Å². The maximum Gasteiger partial charge on any atom is 0.239 e. The first-order chi connectivity index (χ1) is 11.6. The number of para-hydroxylation sites is 1. The van der Waals surface area contributed by atoms with Crippen LogP contribution < -0.4 is 11.1 Å².